The molecule has 2 atom stereocenters. The first kappa shape index (κ1) is 23.9. The van der Waals surface area contributed by atoms with Crippen LogP contribution in [0.5, 0.6) is 5.75 Å². The van der Waals surface area contributed by atoms with Crippen molar-refractivity contribution in [2.75, 3.05) is 13.2 Å². The molecule has 0 saturated carbocycles. The Morgan fingerprint density at radius 1 is 0.971 bits per heavy atom. The fraction of sp³-hybridized carbons (Fsp3) is 0.367. The van der Waals surface area contributed by atoms with Crippen LogP contribution in [0, 0.1) is 11.8 Å². The highest BCUT2D eigenvalue weighted by molar-refractivity contribution is 6.30. The second-order valence-electron chi connectivity index (χ2n) is 9.67. The number of rotatable bonds is 6. The van der Waals surface area contributed by atoms with Crippen LogP contribution >= 0.6 is 11.6 Å². The summed E-state index contributed by atoms with van der Waals surface area (Å²) < 4.78 is 6.02. The van der Waals surface area contributed by atoms with Crippen molar-refractivity contribution in [3.8, 4) is 28.7 Å². The predicted molar refractivity (Wildman–Crippen MR) is 141 cm³/mol. The van der Waals surface area contributed by atoms with Crippen molar-refractivity contribution >= 4 is 11.6 Å². The van der Waals surface area contributed by atoms with E-state index in [0.29, 0.717) is 18.7 Å². The largest absolute Gasteiger partial charge is 0.492 e. The number of hydrogen-bond acceptors (Lipinski definition) is 4. The Labute approximate surface area is 212 Å². The molecule has 5 rings (SSSR count). The Bertz CT molecular complexity index is 1180. The van der Waals surface area contributed by atoms with Gasteiger partial charge in [-0.25, -0.2) is 4.98 Å². The van der Waals surface area contributed by atoms with Gasteiger partial charge < -0.3 is 9.84 Å². The van der Waals surface area contributed by atoms with E-state index in [4.69, 9.17) is 16.3 Å². The lowest BCUT2D eigenvalue weighted by atomic mass is 9.84. The van der Waals surface area contributed by atoms with E-state index in [9.17, 15) is 5.11 Å². The maximum absolute atomic E-state index is 10.7. The molecule has 180 valence electrons. The highest BCUT2D eigenvalue weighted by Crippen LogP contribution is 2.41. The van der Waals surface area contributed by atoms with Crippen molar-refractivity contribution in [1.29, 1.82) is 0 Å². The van der Waals surface area contributed by atoms with Gasteiger partial charge in [0.15, 0.2) is 0 Å². The summed E-state index contributed by atoms with van der Waals surface area (Å²) in [7, 11) is 0. The highest BCUT2D eigenvalue weighted by Gasteiger charge is 2.46. The minimum atomic E-state index is -0.464. The summed E-state index contributed by atoms with van der Waals surface area (Å²) >= 11 is 5.97. The average molecular weight is 487 g/mol. The van der Waals surface area contributed by atoms with Crippen LogP contribution in [0.2, 0.25) is 5.02 Å². The van der Waals surface area contributed by atoms with Gasteiger partial charge in [-0.2, -0.15) is 0 Å². The molecule has 0 amide bonds. The molecule has 2 aromatic carbocycles. The number of fused-ring (bicyclic) bond motifs is 2. The van der Waals surface area contributed by atoms with Gasteiger partial charge in [-0.3, -0.25) is 4.90 Å². The fourth-order valence-electron chi connectivity index (χ4n) is 5.39. The van der Waals surface area contributed by atoms with Crippen LogP contribution < -0.4 is 4.74 Å². The first-order valence-corrected chi connectivity index (χ1v) is 12.8. The number of aliphatic hydroxyl groups is 1. The molecule has 2 aliphatic heterocycles. The molecule has 5 heteroatoms. The summed E-state index contributed by atoms with van der Waals surface area (Å²) in [5, 5.41) is 11.4. The molecule has 0 spiro atoms. The molecule has 0 aliphatic carbocycles. The first-order valence-electron chi connectivity index (χ1n) is 12.5. The van der Waals surface area contributed by atoms with Crippen molar-refractivity contribution in [2.45, 2.75) is 56.7 Å². The van der Waals surface area contributed by atoms with Crippen LogP contribution in [0.3, 0.4) is 0 Å². The molecule has 0 radical (unpaired) electrons. The smallest absolute Gasteiger partial charge is 0.119 e. The number of pyridine rings is 1. The van der Waals surface area contributed by atoms with E-state index in [-0.39, 0.29) is 0 Å². The summed E-state index contributed by atoms with van der Waals surface area (Å²) in [5.41, 5.74) is 3.30. The van der Waals surface area contributed by atoms with Crippen molar-refractivity contribution in [3.63, 3.8) is 0 Å². The fourth-order valence-corrected chi connectivity index (χ4v) is 5.51. The second kappa shape index (κ2) is 10.4. The molecule has 3 aromatic rings. The Morgan fingerprint density at radius 3 is 2.29 bits per heavy atom. The summed E-state index contributed by atoms with van der Waals surface area (Å²) in [6.45, 7) is 3.67. The monoisotopic (exact) mass is 486 g/mol. The molecule has 35 heavy (non-hydrogen) atoms. The minimum absolute atomic E-state index is 0.464. The maximum atomic E-state index is 10.7. The van der Waals surface area contributed by atoms with E-state index in [2.05, 4.69) is 28.6 Å². The van der Waals surface area contributed by atoms with Gasteiger partial charge in [0.05, 0.1) is 5.60 Å². The molecule has 2 unspecified atom stereocenters. The van der Waals surface area contributed by atoms with Crippen molar-refractivity contribution in [1.82, 2.24) is 9.88 Å². The summed E-state index contributed by atoms with van der Waals surface area (Å²) in [4.78, 5) is 7.03. The Morgan fingerprint density at radius 2 is 1.66 bits per heavy atom. The third-order valence-electron chi connectivity index (χ3n) is 7.41. The zero-order valence-electron chi connectivity index (χ0n) is 20.1. The van der Waals surface area contributed by atoms with Gasteiger partial charge in [0, 0.05) is 41.0 Å². The molecule has 3 heterocycles. The Kier molecular flexibility index (Phi) is 7.11. The molecule has 4 nitrogen and oxygen atoms in total. The van der Waals surface area contributed by atoms with E-state index >= 15 is 0 Å². The quantitative estimate of drug-likeness (QED) is 0.437. The van der Waals surface area contributed by atoms with E-state index in [1.54, 1.807) is 0 Å². The highest BCUT2D eigenvalue weighted by atomic mass is 35.5. The zero-order chi connectivity index (χ0) is 24.3. The number of piperidine rings is 1. The van der Waals surface area contributed by atoms with Crippen LogP contribution in [0.1, 0.15) is 50.3 Å². The summed E-state index contributed by atoms with van der Waals surface area (Å²) in [5.74, 6) is 7.17. The zero-order valence-corrected chi connectivity index (χ0v) is 20.8. The van der Waals surface area contributed by atoms with Crippen molar-refractivity contribution in [3.05, 3.63) is 83.1 Å². The van der Waals surface area contributed by atoms with Crippen LogP contribution in [0.4, 0.5) is 0 Å². The number of halogens is 1. The lowest BCUT2D eigenvalue weighted by Gasteiger charge is -2.43. The van der Waals surface area contributed by atoms with E-state index in [1.807, 2.05) is 66.9 Å². The molecule has 1 aromatic heterocycles. The Balaban J connectivity index is 1.12. The normalized spacial score (nSPS) is 23.5. The van der Waals surface area contributed by atoms with Gasteiger partial charge in [-0.15, -0.1) is 0 Å². The van der Waals surface area contributed by atoms with E-state index < -0.39 is 5.60 Å². The van der Waals surface area contributed by atoms with E-state index in [1.165, 1.54) is 12.8 Å². The SMILES string of the molecule is CCC1(O)CC2CCC(C1)N2CCOc1ccc(C#Cc2ccc(-c3ccc(Cl)cc3)cn2)cc1. The summed E-state index contributed by atoms with van der Waals surface area (Å²) in [6.07, 6.45) is 6.86. The lowest BCUT2D eigenvalue weighted by molar-refractivity contribution is -0.0563. The van der Waals surface area contributed by atoms with Gasteiger partial charge in [0.25, 0.3) is 0 Å². The molecule has 2 aliphatic rings. The summed E-state index contributed by atoms with van der Waals surface area (Å²) in [6, 6.07) is 20.6. The number of ether oxygens (including phenoxy) is 1. The van der Waals surface area contributed by atoms with E-state index in [0.717, 1.165) is 59.0 Å². The van der Waals surface area contributed by atoms with Gasteiger partial charge in [0.2, 0.25) is 0 Å². The standard InChI is InChI=1S/C30H31ClN2O2/c1-2-30(34)19-27-13-14-28(20-30)33(27)17-18-35-29-15-4-22(5-16-29)3-11-26-12-8-24(21-32-26)23-6-9-25(31)10-7-23/h4-10,12,15-16,21,27-28,34H,2,13-14,17-20H2,1H3. The minimum Gasteiger partial charge on any atom is -0.492 e. The van der Waals surface area contributed by atoms with Gasteiger partial charge in [-0.05, 0) is 86.1 Å². The van der Waals surface area contributed by atoms with Gasteiger partial charge >= 0.3 is 0 Å². The molecule has 2 bridgehead atoms. The third-order valence-corrected chi connectivity index (χ3v) is 7.66. The molecular formula is C30H31ClN2O2. The number of nitrogens with zero attached hydrogens (tertiary/aromatic N) is 2. The van der Waals surface area contributed by atoms with Crippen LogP contribution in [-0.4, -0.2) is 45.8 Å². The van der Waals surface area contributed by atoms with Crippen LogP contribution in [0.25, 0.3) is 11.1 Å². The molecular weight excluding hydrogens is 456 g/mol. The number of aromatic nitrogens is 1. The van der Waals surface area contributed by atoms with Crippen LogP contribution in [-0.2, 0) is 0 Å². The van der Waals surface area contributed by atoms with Crippen molar-refractivity contribution in [2.24, 2.45) is 0 Å². The van der Waals surface area contributed by atoms with Crippen molar-refractivity contribution < 1.29 is 9.84 Å². The third kappa shape index (κ3) is 5.70. The lowest BCUT2D eigenvalue weighted by Crippen LogP contribution is -2.51. The topological polar surface area (TPSA) is 45.6 Å². The van der Waals surface area contributed by atoms with Gasteiger partial charge in [0.1, 0.15) is 18.1 Å². The number of hydrogen-bond donors (Lipinski definition) is 1. The maximum Gasteiger partial charge on any atom is 0.119 e. The van der Waals surface area contributed by atoms with Gasteiger partial charge in [-0.1, -0.05) is 42.6 Å². The second-order valence-corrected chi connectivity index (χ2v) is 10.1. The number of benzene rings is 2. The predicted octanol–water partition coefficient (Wildman–Crippen LogP) is 5.95. The molecule has 2 saturated heterocycles. The van der Waals surface area contributed by atoms with Crippen LogP contribution in [0.15, 0.2) is 66.9 Å². The average Bonchev–Trinajstić information content (AvgIpc) is 3.14. The molecule has 1 N–H and O–H groups in total. The molecule has 2 fully saturated rings. The Hall–Kier alpha value is -2.84. The first-order chi connectivity index (χ1) is 17.0.